The topological polar surface area (TPSA) is 25.8 Å². The molecule has 4 rings (SSSR count). The van der Waals surface area contributed by atoms with E-state index in [2.05, 4.69) is 9.97 Å². The van der Waals surface area contributed by atoms with Gasteiger partial charge in [-0.2, -0.15) is 0 Å². The van der Waals surface area contributed by atoms with Gasteiger partial charge in [0.15, 0.2) is 5.82 Å². The van der Waals surface area contributed by atoms with Crippen molar-refractivity contribution >= 4 is 21.6 Å². The van der Waals surface area contributed by atoms with Gasteiger partial charge in [-0.05, 0) is 23.8 Å². The van der Waals surface area contributed by atoms with E-state index in [0.29, 0.717) is 0 Å². The Balaban J connectivity index is 1.80. The van der Waals surface area contributed by atoms with Crippen LogP contribution in [0.1, 0.15) is 0 Å². The molecule has 0 amide bonds. The smallest absolute Gasteiger partial charge is 0.160 e. The van der Waals surface area contributed by atoms with Crippen LogP contribution in [0.2, 0.25) is 0 Å². The summed E-state index contributed by atoms with van der Waals surface area (Å²) in [6.07, 6.45) is 1.84. The molecule has 0 aliphatic rings. The first-order valence-electron chi connectivity index (χ1n) is 6.87. The van der Waals surface area contributed by atoms with Gasteiger partial charge in [0.1, 0.15) is 10.6 Å². The third-order valence-electron chi connectivity index (χ3n) is 3.43. The summed E-state index contributed by atoms with van der Waals surface area (Å²) in [5.41, 5.74) is 1.99. The second kappa shape index (κ2) is 5.31. The van der Waals surface area contributed by atoms with Crippen molar-refractivity contribution in [3.05, 3.63) is 72.7 Å². The summed E-state index contributed by atoms with van der Waals surface area (Å²) in [5, 5.41) is 1.00. The number of hydrogen-bond donors (Lipinski definition) is 0. The lowest BCUT2D eigenvalue weighted by Gasteiger charge is -1.98. The van der Waals surface area contributed by atoms with E-state index in [4.69, 9.17) is 0 Å². The molecule has 4 heteroatoms. The lowest BCUT2D eigenvalue weighted by molar-refractivity contribution is 0.628. The van der Waals surface area contributed by atoms with Crippen LogP contribution >= 0.6 is 11.3 Å². The number of hydrogen-bond acceptors (Lipinski definition) is 3. The number of thiophene rings is 1. The lowest BCUT2D eigenvalue weighted by atomic mass is 10.2. The molecule has 2 aromatic heterocycles. The van der Waals surface area contributed by atoms with Crippen molar-refractivity contribution in [1.82, 2.24) is 9.97 Å². The van der Waals surface area contributed by atoms with Gasteiger partial charge in [-0.3, -0.25) is 0 Å². The SMILES string of the molecule is Fc1ccc(-c2cc3cnc(-c4ccccc4)nc3s2)cc1. The molecule has 0 saturated heterocycles. The third-order valence-corrected chi connectivity index (χ3v) is 4.53. The van der Waals surface area contributed by atoms with Crippen molar-refractivity contribution in [2.45, 2.75) is 0 Å². The number of aromatic nitrogens is 2. The molecule has 0 saturated carbocycles. The molecule has 0 bridgehead atoms. The van der Waals surface area contributed by atoms with Crippen LogP contribution in [0.3, 0.4) is 0 Å². The molecular weight excluding hydrogens is 295 g/mol. The van der Waals surface area contributed by atoms with Gasteiger partial charge in [0.2, 0.25) is 0 Å². The normalized spacial score (nSPS) is 11.0. The average Bonchev–Trinajstić information content (AvgIpc) is 2.99. The number of rotatable bonds is 2. The van der Waals surface area contributed by atoms with Gasteiger partial charge in [0, 0.05) is 22.0 Å². The zero-order valence-corrected chi connectivity index (χ0v) is 12.3. The Morgan fingerprint density at radius 2 is 1.64 bits per heavy atom. The molecule has 0 aliphatic heterocycles. The summed E-state index contributed by atoms with van der Waals surface area (Å²) in [6.45, 7) is 0. The van der Waals surface area contributed by atoms with Gasteiger partial charge >= 0.3 is 0 Å². The quantitative estimate of drug-likeness (QED) is 0.511. The number of fused-ring (bicyclic) bond motifs is 1. The number of halogens is 1. The predicted octanol–water partition coefficient (Wildman–Crippen LogP) is 5.16. The van der Waals surface area contributed by atoms with E-state index in [9.17, 15) is 4.39 Å². The summed E-state index contributed by atoms with van der Waals surface area (Å²) in [4.78, 5) is 11.1. The van der Waals surface area contributed by atoms with E-state index in [0.717, 1.165) is 32.0 Å². The molecule has 0 N–H and O–H groups in total. The minimum atomic E-state index is -0.226. The monoisotopic (exact) mass is 306 g/mol. The first kappa shape index (κ1) is 13.1. The van der Waals surface area contributed by atoms with Gasteiger partial charge in [0.25, 0.3) is 0 Å². The minimum Gasteiger partial charge on any atom is -0.236 e. The van der Waals surface area contributed by atoms with Crippen molar-refractivity contribution in [3.8, 4) is 21.8 Å². The zero-order chi connectivity index (χ0) is 14.9. The van der Waals surface area contributed by atoms with Crippen molar-refractivity contribution in [2.75, 3.05) is 0 Å². The van der Waals surface area contributed by atoms with Crippen LogP contribution in [0, 0.1) is 5.82 Å². The van der Waals surface area contributed by atoms with Crippen LogP contribution in [-0.4, -0.2) is 9.97 Å². The maximum Gasteiger partial charge on any atom is 0.160 e. The molecule has 106 valence electrons. The Morgan fingerprint density at radius 1 is 0.864 bits per heavy atom. The standard InChI is InChI=1S/C18H11FN2S/c19-15-8-6-12(7-9-15)16-10-14-11-20-17(21-18(14)22-16)13-4-2-1-3-5-13/h1-11H. The zero-order valence-electron chi connectivity index (χ0n) is 11.5. The Bertz CT molecular complexity index is 930. The molecular formula is C18H11FN2S. The first-order valence-corrected chi connectivity index (χ1v) is 7.69. The molecule has 22 heavy (non-hydrogen) atoms. The van der Waals surface area contributed by atoms with Crippen LogP contribution < -0.4 is 0 Å². The fraction of sp³-hybridized carbons (Fsp3) is 0. The van der Waals surface area contributed by atoms with E-state index < -0.39 is 0 Å². The number of nitrogens with zero attached hydrogens (tertiary/aromatic N) is 2. The Kier molecular flexibility index (Phi) is 3.16. The van der Waals surface area contributed by atoms with E-state index >= 15 is 0 Å². The molecule has 0 spiro atoms. The van der Waals surface area contributed by atoms with Crippen molar-refractivity contribution in [3.63, 3.8) is 0 Å². The van der Waals surface area contributed by atoms with Gasteiger partial charge in [-0.1, -0.05) is 42.5 Å². The fourth-order valence-electron chi connectivity index (χ4n) is 2.31. The Labute approximate surface area is 130 Å². The summed E-state index contributed by atoms with van der Waals surface area (Å²) in [5.74, 6) is 0.497. The van der Waals surface area contributed by atoms with Crippen molar-refractivity contribution in [2.24, 2.45) is 0 Å². The molecule has 0 fully saturated rings. The molecule has 2 nitrogen and oxygen atoms in total. The highest BCUT2D eigenvalue weighted by atomic mass is 32.1. The largest absolute Gasteiger partial charge is 0.236 e. The Hall–Kier alpha value is -2.59. The second-order valence-electron chi connectivity index (χ2n) is 4.94. The van der Waals surface area contributed by atoms with E-state index in [-0.39, 0.29) is 5.82 Å². The van der Waals surface area contributed by atoms with Crippen LogP contribution in [0.25, 0.3) is 32.0 Å². The van der Waals surface area contributed by atoms with Crippen LogP contribution in [0.5, 0.6) is 0 Å². The highest BCUT2D eigenvalue weighted by Gasteiger charge is 2.08. The van der Waals surface area contributed by atoms with E-state index in [1.807, 2.05) is 42.6 Å². The fourth-order valence-corrected chi connectivity index (χ4v) is 3.32. The molecule has 0 aliphatic carbocycles. The van der Waals surface area contributed by atoms with Crippen molar-refractivity contribution in [1.29, 1.82) is 0 Å². The van der Waals surface area contributed by atoms with Crippen LogP contribution in [0.4, 0.5) is 4.39 Å². The summed E-state index contributed by atoms with van der Waals surface area (Å²) in [6, 6.07) is 18.5. The Morgan fingerprint density at radius 3 is 2.41 bits per heavy atom. The molecule has 4 aromatic rings. The third kappa shape index (κ3) is 2.38. The molecule has 2 heterocycles. The van der Waals surface area contributed by atoms with Crippen LogP contribution in [-0.2, 0) is 0 Å². The molecule has 0 atom stereocenters. The van der Waals surface area contributed by atoms with Crippen LogP contribution in [0.15, 0.2) is 66.9 Å². The number of benzene rings is 2. The molecule has 0 radical (unpaired) electrons. The van der Waals surface area contributed by atoms with Gasteiger partial charge in [0.05, 0.1) is 0 Å². The average molecular weight is 306 g/mol. The molecule has 0 unspecified atom stereocenters. The summed E-state index contributed by atoms with van der Waals surface area (Å²) >= 11 is 1.59. The highest BCUT2D eigenvalue weighted by molar-refractivity contribution is 7.21. The predicted molar refractivity (Wildman–Crippen MR) is 88.2 cm³/mol. The van der Waals surface area contributed by atoms with E-state index in [1.165, 1.54) is 12.1 Å². The van der Waals surface area contributed by atoms with Crippen molar-refractivity contribution < 1.29 is 4.39 Å². The highest BCUT2D eigenvalue weighted by Crippen LogP contribution is 2.33. The maximum atomic E-state index is 13.0. The summed E-state index contributed by atoms with van der Waals surface area (Å²) < 4.78 is 13.0. The molecule has 2 aromatic carbocycles. The van der Waals surface area contributed by atoms with E-state index in [1.54, 1.807) is 23.5 Å². The maximum absolute atomic E-state index is 13.0. The minimum absolute atomic E-state index is 0.226. The summed E-state index contributed by atoms with van der Waals surface area (Å²) in [7, 11) is 0. The van der Waals surface area contributed by atoms with Gasteiger partial charge in [-0.15, -0.1) is 11.3 Å². The van der Waals surface area contributed by atoms with Gasteiger partial charge in [-0.25, -0.2) is 14.4 Å². The first-order chi connectivity index (χ1) is 10.8. The van der Waals surface area contributed by atoms with Gasteiger partial charge < -0.3 is 0 Å². The lowest BCUT2D eigenvalue weighted by Crippen LogP contribution is -1.86. The second-order valence-corrected chi connectivity index (χ2v) is 5.97.